The van der Waals surface area contributed by atoms with Crippen LogP contribution in [0, 0.1) is 0 Å². The number of hydrogen-bond acceptors (Lipinski definition) is 2. The van der Waals surface area contributed by atoms with Gasteiger partial charge in [-0.05, 0) is 27.7 Å². The van der Waals surface area contributed by atoms with Crippen LogP contribution in [-0.2, 0) is 9.31 Å². The van der Waals surface area contributed by atoms with Gasteiger partial charge in [0.05, 0.1) is 11.2 Å². The maximum Gasteiger partial charge on any atom is 0.439 e. The topological polar surface area (TPSA) is 18.5 Å². The van der Waals surface area contributed by atoms with Gasteiger partial charge in [0.2, 0.25) is 0 Å². The van der Waals surface area contributed by atoms with Crippen LogP contribution in [0.15, 0.2) is 13.2 Å². The van der Waals surface area contributed by atoms with Gasteiger partial charge in [-0.25, -0.2) is 0 Å². The van der Waals surface area contributed by atoms with Crippen LogP contribution in [-0.4, -0.2) is 18.9 Å². The van der Waals surface area contributed by atoms with Crippen LogP contribution >= 0.6 is 0 Å². The van der Waals surface area contributed by atoms with E-state index in [1.807, 2.05) is 27.7 Å². The molecule has 0 N–H and O–H groups in total. The summed E-state index contributed by atoms with van der Waals surface area (Å²) in [4.78, 5) is 0. The lowest BCUT2D eigenvalue weighted by atomic mass is 9.90. The zero-order valence-corrected chi connectivity index (χ0v) is 7.94. The van der Waals surface area contributed by atoms with E-state index < -0.39 is 0 Å². The summed E-state index contributed by atoms with van der Waals surface area (Å²) in [6.07, 6.45) is 0. The molecule has 0 aromatic rings. The van der Waals surface area contributed by atoms with Crippen molar-refractivity contribution in [1.82, 2.24) is 0 Å². The minimum absolute atomic E-state index is 0.132. The molecule has 0 aliphatic carbocycles. The van der Waals surface area contributed by atoms with Gasteiger partial charge in [-0.1, -0.05) is 0 Å². The van der Waals surface area contributed by atoms with Crippen LogP contribution in [0.5, 0.6) is 0 Å². The third-order valence-electron chi connectivity index (χ3n) is 2.29. The van der Waals surface area contributed by atoms with Gasteiger partial charge in [-0.2, -0.15) is 0 Å². The second kappa shape index (κ2) is 3.41. The smallest absolute Gasteiger partial charge is 0.406 e. The van der Waals surface area contributed by atoms with Crippen molar-refractivity contribution in [2.24, 2.45) is 0 Å². The van der Waals surface area contributed by atoms with Crippen molar-refractivity contribution < 1.29 is 9.31 Å². The quantitative estimate of drug-likeness (QED) is 0.392. The van der Waals surface area contributed by atoms with Crippen molar-refractivity contribution in [3.8, 4) is 0 Å². The molecule has 1 fully saturated rings. The van der Waals surface area contributed by atoms with Crippen molar-refractivity contribution in [2.45, 2.75) is 38.9 Å². The Balaban J connectivity index is 0.000000461. The van der Waals surface area contributed by atoms with Gasteiger partial charge in [-0.15, -0.1) is 13.2 Å². The molecule has 0 aromatic heterocycles. The molecule has 64 valence electrons. The Morgan fingerprint density at radius 2 is 1.18 bits per heavy atom. The Bertz CT molecular complexity index is 118. The summed E-state index contributed by atoms with van der Waals surface area (Å²) in [7, 11) is 0.431. The first-order valence-corrected chi connectivity index (χ1v) is 3.74. The van der Waals surface area contributed by atoms with Gasteiger partial charge in [0, 0.05) is 0 Å². The molecule has 1 heterocycles. The van der Waals surface area contributed by atoms with E-state index in [-0.39, 0.29) is 11.2 Å². The summed E-state index contributed by atoms with van der Waals surface area (Å²) in [5.74, 6) is 0. The Morgan fingerprint density at radius 1 is 0.909 bits per heavy atom. The van der Waals surface area contributed by atoms with Gasteiger partial charge >= 0.3 is 7.69 Å². The third-order valence-corrected chi connectivity index (χ3v) is 2.29. The summed E-state index contributed by atoms with van der Waals surface area (Å²) in [6.45, 7) is 14.2. The molecule has 0 atom stereocenters. The third kappa shape index (κ3) is 2.07. The van der Waals surface area contributed by atoms with Crippen LogP contribution in [0.25, 0.3) is 0 Å². The van der Waals surface area contributed by atoms with Crippen molar-refractivity contribution >= 4 is 7.69 Å². The Morgan fingerprint density at radius 3 is 1.27 bits per heavy atom. The zero-order chi connectivity index (χ0) is 9.12. The SMILES string of the molecule is C=C.CC1(C)OBOC1(C)C. The highest BCUT2D eigenvalue weighted by Gasteiger charge is 2.44. The molecule has 1 aliphatic rings. The van der Waals surface area contributed by atoms with Crippen LogP contribution in [0.2, 0.25) is 0 Å². The largest absolute Gasteiger partial charge is 0.439 e. The molecular formula is C8H17BO2. The van der Waals surface area contributed by atoms with Gasteiger partial charge in [0.25, 0.3) is 0 Å². The molecule has 0 bridgehead atoms. The fraction of sp³-hybridized carbons (Fsp3) is 0.750. The molecule has 3 heteroatoms. The summed E-state index contributed by atoms with van der Waals surface area (Å²) in [5.41, 5.74) is -0.264. The molecular weight excluding hydrogens is 139 g/mol. The summed E-state index contributed by atoms with van der Waals surface area (Å²) < 4.78 is 10.7. The van der Waals surface area contributed by atoms with Crippen molar-refractivity contribution in [3.63, 3.8) is 0 Å². The number of rotatable bonds is 0. The predicted molar refractivity (Wildman–Crippen MR) is 48.7 cm³/mol. The molecule has 0 radical (unpaired) electrons. The first-order chi connectivity index (χ1) is 4.96. The van der Waals surface area contributed by atoms with E-state index in [2.05, 4.69) is 13.2 Å². The summed E-state index contributed by atoms with van der Waals surface area (Å²) in [6, 6.07) is 0. The standard InChI is InChI=1S/C6H13BO2.C2H4/c1-5(2)6(3,4)9-7-8-5;1-2/h7H,1-4H3;1-2H2. The van der Waals surface area contributed by atoms with Crippen molar-refractivity contribution in [1.29, 1.82) is 0 Å². The second-order valence-electron chi connectivity index (χ2n) is 3.43. The maximum absolute atomic E-state index is 5.33. The van der Waals surface area contributed by atoms with Crippen molar-refractivity contribution in [2.75, 3.05) is 0 Å². The molecule has 0 unspecified atom stereocenters. The molecule has 1 aliphatic heterocycles. The van der Waals surface area contributed by atoms with Gasteiger partial charge in [0.15, 0.2) is 0 Å². The van der Waals surface area contributed by atoms with Gasteiger partial charge in [0.1, 0.15) is 0 Å². The van der Waals surface area contributed by atoms with Crippen LogP contribution in [0.3, 0.4) is 0 Å². The molecule has 2 nitrogen and oxygen atoms in total. The van der Waals surface area contributed by atoms with Crippen LogP contribution in [0.1, 0.15) is 27.7 Å². The normalized spacial score (nSPS) is 24.7. The van der Waals surface area contributed by atoms with Crippen LogP contribution in [0.4, 0.5) is 0 Å². The Labute approximate surface area is 69.9 Å². The molecule has 0 aromatic carbocycles. The lowest BCUT2D eigenvalue weighted by Crippen LogP contribution is -2.41. The first kappa shape index (κ1) is 10.7. The molecule has 1 rings (SSSR count). The molecule has 11 heavy (non-hydrogen) atoms. The highest BCUT2D eigenvalue weighted by atomic mass is 16.7. The van der Waals surface area contributed by atoms with E-state index >= 15 is 0 Å². The Hall–Kier alpha value is -0.275. The molecule has 1 saturated heterocycles. The van der Waals surface area contributed by atoms with E-state index in [1.54, 1.807) is 0 Å². The van der Waals surface area contributed by atoms with E-state index in [0.717, 1.165) is 0 Å². The predicted octanol–water partition coefficient (Wildman–Crippen LogP) is 1.66. The second-order valence-corrected chi connectivity index (χ2v) is 3.43. The minimum atomic E-state index is -0.132. The monoisotopic (exact) mass is 156 g/mol. The molecule has 0 spiro atoms. The summed E-state index contributed by atoms with van der Waals surface area (Å²) in [5, 5.41) is 0. The molecule has 0 saturated carbocycles. The summed E-state index contributed by atoms with van der Waals surface area (Å²) >= 11 is 0. The lowest BCUT2D eigenvalue weighted by molar-refractivity contribution is 0.00578. The number of hydrogen-bond donors (Lipinski definition) is 0. The van der Waals surface area contributed by atoms with E-state index in [1.165, 1.54) is 0 Å². The highest BCUT2D eigenvalue weighted by molar-refractivity contribution is 6.19. The van der Waals surface area contributed by atoms with E-state index in [0.29, 0.717) is 7.69 Å². The zero-order valence-electron chi connectivity index (χ0n) is 7.94. The lowest BCUT2D eigenvalue weighted by Gasteiger charge is -2.32. The minimum Gasteiger partial charge on any atom is -0.406 e. The average Bonchev–Trinajstić information content (AvgIpc) is 2.12. The van der Waals surface area contributed by atoms with Gasteiger partial charge in [-0.3, -0.25) is 0 Å². The fourth-order valence-electron chi connectivity index (χ4n) is 0.672. The van der Waals surface area contributed by atoms with E-state index in [4.69, 9.17) is 9.31 Å². The van der Waals surface area contributed by atoms with Crippen molar-refractivity contribution in [3.05, 3.63) is 13.2 Å². The average molecular weight is 156 g/mol. The molecule has 0 amide bonds. The fourth-order valence-corrected chi connectivity index (χ4v) is 0.672. The van der Waals surface area contributed by atoms with E-state index in [9.17, 15) is 0 Å². The maximum atomic E-state index is 5.33. The highest BCUT2D eigenvalue weighted by Crippen LogP contribution is 2.33. The van der Waals surface area contributed by atoms with Crippen LogP contribution < -0.4 is 0 Å². The Kier molecular flexibility index (Phi) is 3.33. The van der Waals surface area contributed by atoms with Gasteiger partial charge < -0.3 is 9.31 Å². The first-order valence-electron chi connectivity index (χ1n) is 3.74.